The first-order valence-electron chi connectivity index (χ1n) is 9.88. The number of amides is 1. The summed E-state index contributed by atoms with van der Waals surface area (Å²) in [5.74, 6) is -0.678. The number of carbonyl (C=O) groups excluding carboxylic acids is 1. The van der Waals surface area contributed by atoms with E-state index in [1.165, 1.54) is 18.9 Å². The summed E-state index contributed by atoms with van der Waals surface area (Å²) in [5.41, 5.74) is 1.30. The van der Waals surface area contributed by atoms with E-state index < -0.39 is 18.2 Å². The molecule has 0 saturated carbocycles. The number of nitrogens with zero attached hydrogens (tertiary/aromatic N) is 2. The molecule has 0 aromatic heterocycles. The third-order valence-electron chi connectivity index (χ3n) is 4.86. The summed E-state index contributed by atoms with van der Waals surface area (Å²) in [6.07, 6.45) is -0.726. The first-order chi connectivity index (χ1) is 15.2. The van der Waals surface area contributed by atoms with Gasteiger partial charge in [0.15, 0.2) is 17.6 Å². The number of hydrogen-bond acceptors (Lipinski definition) is 6. The number of amidine groups is 1. The Labute approximate surface area is 190 Å². The van der Waals surface area contributed by atoms with Crippen LogP contribution in [-0.4, -0.2) is 58.7 Å². The number of rotatable bonds is 7. The maximum atomic E-state index is 12.9. The Kier molecular flexibility index (Phi) is 7.17. The van der Waals surface area contributed by atoms with Gasteiger partial charge in [-0.1, -0.05) is 17.7 Å². The number of likely N-dealkylation sites (tertiary alicyclic amines) is 1. The minimum absolute atomic E-state index is 0.161. The molecule has 2 aromatic rings. The lowest BCUT2D eigenvalue weighted by atomic mass is 10.1. The zero-order valence-electron chi connectivity index (χ0n) is 17.8. The fraction of sp³-hybridized carbons (Fsp3) is 0.261. The second-order valence-corrected chi connectivity index (χ2v) is 7.44. The Morgan fingerprint density at radius 1 is 1.25 bits per heavy atom. The lowest BCUT2D eigenvalue weighted by molar-refractivity contribution is -0.144. The van der Waals surface area contributed by atoms with E-state index in [1.807, 2.05) is 0 Å². The molecule has 0 aliphatic carbocycles. The van der Waals surface area contributed by atoms with Gasteiger partial charge in [-0.3, -0.25) is 9.69 Å². The van der Waals surface area contributed by atoms with Crippen molar-refractivity contribution in [1.29, 1.82) is 0 Å². The Bertz CT molecular complexity index is 1080. The molecule has 32 heavy (non-hydrogen) atoms. The van der Waals surface area contributed by atoms with Crippen molar-refractivity contribution in [3.8, 4) is 11.5 Å². The molecule has 8 nitrogen and oxygen atoms in total. The van der Waals surface area contributed by atoms with Gasteiger partial charge in [0.25, 0.3) is 5.91 Å². The number of aliphatic imine (C=N–C) groups is 1. The van der Waals surface area contributed by atoms with Crippen LogP contribution in [0.25, 0.3) is 6.08 Å². The summed E-state index contributed by atoms with van der Waals surface area (Å²) < 4.78 is 10.7. The smallest absolute Gasteiger partial charge is 0.344 e. The van der Waals surface area contributed by atoms with Crippen LogP contribution in [0.4, 0.5) is 5.69 Å². The number of benzene rings is 2. The monoisotopic (exact) mass is 458 g/mol. The molecule has 1 amide bonds. The first kappa shape index (κ1) is 23.3. The number of aliphatic hydroxyl groups excluding tert-OH is 1. The molecule has 0 radical (unpaired) electrons. The standard InChI is InChI=1S/C23H23ClN2O6/c1-4-26-21(25-16-8-6-15(24)7-9-16)20(27)17(22(26)28)11-14-5-10-18(19(12-14)31-3)32-13(2)23(29)30/h5-13,20,27H,4H2,1-3H3,(H,29,30)/b17-11+,25-21?/t13-,20-/m1/s1. The summed E-state index contributed by atoms with van der Waals surface area (Å²) >= 11 is 5.91. The van der Waals surface area contributed by atoms with Crippen molar-refractivity contribution in [2.24, 2.45) is 4.99 Å². The molecule has 1 aliphatic rings. The zero-order chi connectivity index (χ0) is 23.4. The minimum Gasteiger partial charge on any atom is -0.493 e. The molecule has 2 atom stereocenters. The number of aliphatic hydroxyl groups is 1. The largest absolute Gasteiger partial charge is 0.493 e. The number of aliphatic carboxylic acids is 1. The summed E-state index contributed by atoms with van der Waals surface area (Å²) in [6, 6.07) is 11.5. The van der Waals surface area contributed by atoms with Crippen LogP contribution in [0.5, 0.6) is 11.5 Å². The van der Waals surface area contributed by atoms with Crippen LogP contribution < -0.4 is 9.47 Å². The van der Waals surface area contributed by atoms with Gasteiger partial charge in [-0.2, -0.15) is 0 Å². The first-order valence-corrected chi connectivity index (χ1v) is 10.3. The number of carboxylic acids is 1. The van der Waals surface area contributed by atoms with Gasteiger partial charge >= 0.3 is 5.97 Å². The SMILES string of the molecule is CCN1C(=O)/C(=C/c2ccc(O[C@H](C)C(=O)O)c(OC)c2)[C@@H](O)C1=Nc1ccc(Cl)cc1. The second-order valence-electron chi connectivity index (χ2n) is 7.01. The molecular weight excluding hydrogens is 436 g/mol. The highest BCUT2D eigenvalue weighted by Crippen LogP contribution is 2.32. The van der Waals surface area contributed by atoms with Gasteiger partial charge in [-0.05, 0) is 61.9 Å². The Morgan fingerprint density at radius 3 is 2.53 bits per heavy atom. The molecule has 0 bridgehead atoms. The number of halogens is 1. The molecule has 1 heterocycles. The molecule has 0 unspecified atom stereocenters. The van der Waals surface area contributed by atoms with Crippen LogP contribution >= 0.6 is 11.6 Å². The van der Waals surface area contributed by atoms with E-state index in [0.717, 1.165) is 0 Å². The van der Waals surface area contributed by atoms with Crippen molar-refractivity contribution in [3.63, 3.8) is 0 Å². The van der Waals surface area contributed by atoms with Gasteiger partial charge in [-0.15, -0.1) is 0 Å². The number of carbonyl (C=O) groups is 2. The van der Waals surface area contributed by atoms with Gasteiger partial charge in [0.1, 0.15) is 11.9 Å². The topological polar surface area (TPSA) is 109 Å². The van der Waals surface area contributed by atoms with Gasteiger partial charge in [-0.25, -0.2) is 9.79 Å². The highest BCUT2D eigenvalue weighted by Gasteiger charge is 2.39. The highest BCUT2D eigenvalue weighted by molar-refractivity contribution is 6.30. The van der Waals surface area contributed by atoms with Crippen LogP contribution in [0.1, 0.15) is 19.4 Å². The lowest BCUT2D eigenvalue weighted by Crippen LogP contribution is -2.31. The Balaban J connectivity index is 1.94. The number of likely N-dealkylation sites (N-methyl/N-ethyl adjacent to an activating group) is 1. The molecular formula is C23H23ClN2O6. The van der Waals surface area contributed by atoms with Crippen molar-refractivity contribution in [2.75, 3.05) is 13.7 Å². The van der Waals surface area contributed by atoms with E-state index in [-0.39, 0.29) is 23.1 Å². The predicted octanol–water partition coefficient (Wildman–Crippen LogP) is 3.54. The molecule has 3 rings (SSSR count). The van der Waals surface area contributed by atoms with Crippen LogP contribution in [0, 0.1) is 0 Å². The minimum atomic E-state index is -1.22. The molecule has 1 fully saturated rings. The Hall–Kier alpha value is -3.36. The maximum absolute atomic E-state index is 12.9. The van der Waals surface area contributed by atoms with Crippen LogP contribution in [-0.2, 0) is 9.59 Å². The molecule has 168 valence electrons. The quantitative estimate of drug-likeness (QED) is 0.614. The number of ether oxygens (including phenoxy) is 2. The van der Waals surface area contributed by atoms with Crippen molar-refractivity contribution < 1.29 is 29.3 Å². The van der Waals surface area contributed by atoms with Crippen LogP contribution in [0.3, 0.4) is 0 Å². The number of hydrogen-bond donors (Lipinski definition) is 2. The van der Waals surface area contributed by atoms with Crippen molar-refractivity contribution >= 4 is 41.1 Å². The van der Waals surface area contributed by atoms with E-state index >= 15 is 0 Å². The van der Waals surface area contributed by atoms with E-state index in [9.17, 15) is 14.7 Å². The van der Waals surface area contributed by atoms with Crippen molar-refractivity contribution in [2.45, 2.75) is 26.1 Å². The average molecular weight is 459 g/mol. The van der Waals surface area contributed by atoms with E-state index in [2.05, 4.69) is 4.99 Å². The highest BCUT2D eigenvalue weighted by atomic mass is 35.5. The summed E-state index contributed by atoms with van der Waals surface area (Å²) in [7, 11) is 1.43. The van der Waals surface area contributed by atoms with Gasteiger partial charge < -0.3 is 19.7 Å². The molecule has 0 spiro atoms. The maximum Gasteiger partial charge on any atom is 0.344 e. The average Bonchev–Trinajstić information content (AvgIpc) is 2.99. The zero-order valence-corrected chi connectivity index (χ0v) is 18.5. The molecule has 1 saturated heterocycles. The van der Waals surface area contributed by atoms with Crippen molar-refractivity contribution in [3.05, 3.63) is 58.6 Å². The van der Waals surface area contributed by atoms with Crippen LogP contribution in [0.15, 0.2) is 53.0 Å². The van der Waals surface area contributed by atoms with E-state index in [1.54, 1.807) is 55.5 Å². The molecule has 2 aromatic carbocycles. The van der Waals surface area contributed by atoms with Gasteiger partial charge in [0.05, 0.1) is 18.4 Å². The third-order valence-corrected chi connectivity index (χ3v) is 5.11. The van der Waals surface area contributed by atoms with Gasteiger partial charge in [0, 0.05) is 11.6 Å². The molecule has 1 aliphatic heterocycles. The van der Waals surface area contributed by atoms with E-state index in [0.29, 0.717) is 28.6 Å². The second kappa shape index (κ2) is 9.84. The number of methoxy groups -OCH3 is 1. The lowest BCUT2D eigenvalue weighted by Gasteiger charge is -2.14. The molecule has 2 N–H and O–H groups in total. The van der Waals surface area contributed by atoms with Crippen LogP contribution in [0.2, 0.25) is 5.02 Å². The predicted molar refractivity (Wildman–Crippen MR) is 121 cm³/mol. The Morgan fingerprint density at radius 2 is 1.94 bits per heavy atom. The third kappa shape index (κ3) is 4.92. The summed E-state index contributed by atoms with van der Waals surface area (Å²) in [4.78, 5) is 29.8. The van der Waals surface area contributed by atoms with Crippen molar-refractivity contribution in [1.82, 2.24) is 4.90 Å². The molecule has 9 heteroatoms. The number of carboxylic acid groups (broad SMARTS) is 1. The fourth-order valence-corrected chi connectivity index (χ4v) is 3.30. The summed E-state index contributed by atoms with van der Waals surface area (Å²) in [6.45, 7) is 3.54. The fourth-order valence-electron chi connectivity index (χ4n) is 3.17. The summed E-state index contributed by atoms with van der Waals surface area (Å²) in [5, 5.41) is 20.4. The van der Waals surface area contributed by atoms with Gasteiger partial charge in [0.2, 0.25) is 0 Å². The normalized spacial score (nSPS) is 19.5. The van der Waals surface area contributed by atoms with E-state index in [4.69, 9.17) is 26.2 Å².